The highest BCUT2D eigenvalue weighted by molar-refractivity contribution is 7.90. The molecule has 0 aliphatic rings. The van der Waals surface area contributed by atoms with E-state index in [2.05, 4.69) is 11.3 Å². The molecule has 0 spiro atoms. The number of sulfonamides is 1. The highest BCUT2D eigenvalue weighted by Gasteiger charge is 2.95. The summed E-state index contributed by atoms with van der Waals surface area (Å²) < 4.78 is 241. The second-order valence-electron chi connectivity index (χ2n) is 6.68. The molecule has 0 saturated carbocycles. The van der Waals surface area contributed by atoms with Gasteiger partial charge in [0.15, 0.2) is 0 Å². The predicted octanol–water partition coefficient (Wildman–Crippen LogP) is 5.04. The van der Waals surface area contributed by atoms with Crippen LogP contribution in [0.15, 0.2) is 12.7 Å². The fraction of sp³-hybridized carbons (Fsp3) is 0.800. The molecular formula is C15H13F16NO4S. The van der Waals surface area contributed by atoms with Crippen LogP contribution in [0, 0.1) is 0 Å². The number of likely N-dealkylation sites (N-methyl/N-ethyl adjacent to an activating group) is 1. The van der Waals surface area contributed by atoms with Crippen LogP contribution in [-0.2, 0) is 19.6 Å². The van der Waals surface area contributed by atoms with Gasteiger partial charge >= 0.3 is 53.2 Å². The molecule has 0 saturated heterocycles. The van der Waals surface area contributed by atoms with Crippen LogP contribution in [0.1, 0.15) is 6.92 Å². The highest BCUT2D eigenvalue weighted by Crippen LogP contribution is 2.63. The second kappa shape index (κ2) is 10.3. The Hall–Kier alpha value is -2.00. The molecule has 220 valence electrons. The Kier molecular flexibility index (Phi) is 9.73. The van der Waals surface area contributed by atoms with Crippen LogP contribution in [0.3, 0.4) is 0 Å². The number of hydrogen-bond donors (Lipinski definition) is 0. The molecule has 0 aromatic heterocycles. The summed E-state index contributed by atoms with van der Waals surface area (Å²) in [5.74, 6) is -51.5. The summed E-state index contributed by atoms with van der Waals surface area (Å²) in [6, 6.07) is 0. The van der Waals surface area contributed by atoms with E-state index in [1.807, 2.05) is 0 Å². The van der Waals surface area contributed by atoms with E-state index < -0.39 is 87.2 Å². The van der Waals surface area contributed by atoms with Crippen molar-refractivity contribution >= 4 is 16.0 Å². The van der Waals surface area contributed by atoms with Crippen LogP contribution in [0.5, 0.6) is 0 Å². The first kappa shape index (κ1) is 35.0. The van der Waals surface area contributed by atoms with Gasteiger partial charge in [-0.25, -0.2) is 22.0 Å². The normalized spacial score (nSPS) is 15.3. The van der Waals surface area contributed by atoms with Gasteiger partial charge in [0.25, 0.3) is 10.0 Å². The molecule has 0 aliphatic carbocycles. The predicted molar refractivity (Wildman–Crippen MR) is 88.0 cm³/mol. The maximum atomic E-state index is 14.1. The molecule has 0 aromatic carbocycles. The van der Waals surface area contributed by atoms with Crippen molar-refractivity contribution in [2.75, 3.05) is 19.7 Å². The molecule has 0 fully saturated rings. The molecule has 5 nitrogen and oxygen atoms in total. The lowest BCUT2D eigenvalue weighted by molar-refractivity contribution is -0.441. The number of hydrogen-bond acceptors (Lipinski definition) is 4. The van der Waals surface area contributed by atoms with Gasteiger partial charge in [0.05, 0.1) is 0 Å². The third-order valence-electron chi connectivity index (χ3n) is 4.40. The van der Waals surface area contributed by atoms with E-state index in [0.717, 1.165) is 0 Å². The Bertz CT molecular complexity index is 950. The van der Waals surface area contributed by atoms with Crippen LogP contribution in [0.4, 0.5) is 70.2 Å². The van der Waals surface area contributed by atoms with E-state index in [1.165, 1.54) is 0 Å². The molecular weight excluding hydrogens is 594 g/mol. The zero-order valence-corrected chi connectivity index (χ0v) is 18.3. The van der Waals surface area contributed by atoms with Crippen molar-refractivity contribution < 1.29 is 88.2 Å². The van der Waals surface area contributed by atoms with E-state index in [0.29, 0.717) is 13.0 Å². The maximum Gasteiger partial charge on any atom is 0.427 e. The molecule has 22 heteroatoms. The Morgan fingerprint density at radius 1 is 0.811 bits per heavy atom. The number of rotatable bonds is 14. The van der Waals surface area contributed by atoms with E-state index in [9.17, 15) is 83.5 Å². The van der Waals surface area contributed by atoms with Gasteiger partial charge in [-0.05, 0) is 0 Å². The minimum absolute atomic E-state index is 0.406. The fourth-order valence-electron chi connectivity index (χ4n) is 2.20. The van der Waals surface area contributed by atoms with Crippen molar-refractivity contribution in [1.29, 1.82) is 0 Å². The first-order chi connectivity index (χ1) is 16.1. The van der Waals surface area contributed by atoms with Crippen molar-refractivity contribution in [3.8, 4) is 0 Å². The monoisotopic (exact) mass is 607 g/mol. The minimum atomic E-state index is -8.72. The summed E-state index contributed by atoms with van der Waals surface area (Å²) in [7, 11) is -7.36. The lowest BCUT2D eigenvalue weighted by Gasteiger charge is -2.42. The molecule has 37 heavy (non-hydrogen) atoms. The quantitative estimate of drug-likeness (QED) is 0.158. The number of esters is 1. The second-order valence-corrected chi connectivity index (χ2v) is 8.66. The van der Waals surface area contributed by atoms with E-state index in [4.69, 9.17) is 0 Å². The Morgan fingerprint density at radius 3 is 1.54 bits per heavy atom. The Morgan fingerprint density at radius 2 is 1.19 bits per heavy atom. The summed E-state index contributed by atoms with van der Waals surface area (Å²) in [4.78, 5) is 10.8. The molecule has 0 N–H and O–H groups in total. The highest BCUT2D eigenvalue weighted by atomic mass is 32.2. The number of alkyl halides is 16. The lowest BCUT2D eigenvalue weighted by atomic mass is 9.91. The molecule has 0 radical (unpaired) electrons. The van der Waals surface area contributed by atoms with E-state index >= 15 is 0 Å². The molecule has 0 aliphatic heterocycles. The number of nitrogens with zero attached hydrogens (tertiary/aromatic N) is 1. The molecule has 0 heterocycles. The molecule has 0 atom stereocenters. The van der Waals surface area contributed by atoms with Gasteiger partial charge in [-0.2, -0.15) is 65.8 Å². The van der Waals surface area contributed by atoms with Crippen LogP contribution in [0.25, 0.3) is 0 Å². The maximum absolute atomic E-state index is 14.1. The Labute approximate surface area is 196 Å². The summed E-state index contributed by atoms with van der Waals surface area (Å²) in [6.07, 6.45) is -5.59. The van der Waals surface area contributed by atoms with Gasteiger partial charge < -0.3 is 4.74 Å². The summed E-state index contributed by atoms with van der Waals surface area (Å²) in [5, 5.41) is -7.58. The van der Waals surface area contributed by atoms with Gasteiger partial charge in [0.2, 0.25) is 0 Å². The largest absolute Gasteiger partial charge is 0.461 e. The SMILES string of the molecule is C=CC(=O)OCCN(CC)S(=O)(=O)C(F)(F)C(F)(F)C(F)(F)C(F)(F)C(F)(F)C(F)(F)C(F)(F)C(F)F. The smallest absolute Gasteiger partial charge is 0.427 e. The van der Waals surface area contributed by atoms with Crippen molar-refractivity contribution in [2.24, 2.45) is 0 Å². The van der Waals surface area contributed by atoms with Gasteiger partial charge in [-0.3, -0.25) is 0 Å². The summed E-state index contributed by atoms with van der Waals surface area (Å²) >= 11 is 0. The fourth-order valence-corrected chi connectivity index (χ4v) is 3.63. The molecule has 0 amide bonds. The van der Waals surface area contributed by atoms with Crippen LogP contribution in [0.2, 0.25) is 0 Å². The standard InChI is InChI=1S/C15H13F16NO4S/c1-3-7(33)36-6-5-32(4-2)37(34,35)15(30,31)14(28,29)13(26,27)12(24,25)11(22,23)10(20,21)9(18,19)8(16)17/h3,8H,1,4-6H2,2H3. The Balaban J connectivity index is 6.74. The average molecular weight is 607 g/mol. The van der Waals surface area contributed by atoms with Crippen LogP contribution in [-0.4, -0.2) is 85.6 Å². The number of carbonyl (C=O) groups excluding carboxylic acids is 1. The first-order valence-electron chi connectivity index (χ1n) is 8.82. The van der Waals surface area contributed by atoms with Gasteiger partial charge in [0, 0.05) is 19.2 Å². The zero-order valence-electron chi connectivity index (χ0n) is 17.5. The molecule has 0 bridgehead atoms. The third kappa shape index (κ3) is 5.05. The summed E-state index contributed by atoms with van der Waals surface area (Å²) in [6.45, 7) is -0.903. The van der Waals surface area contributed by atoms with Crippen molar-refractivity contribution in [1.82, 2.24) is 4.31 Å². The molecule has 0 rings (SSSR count). The van der Waals surface area contributed by atoms with Crippen LogP contribution >= 0.6 is 0 Å². The minimum Gasteiger partial charge on any atom is -0.461 e. The number of ether oxygens (including phenoxy) is 1. The molecule has 0 unspecified atom stereocenters. The third-order valence-corrected chi connectivity index (χ3v) is 6.43. The van der Waals surface area contributed by atoms with Gasteiger partial charge in [0.1, 0.15) is 6.61 Å². The average Bonchev–Trinajstić information content (AvgIpc) is 2.74. The first-order valence-corrected chi connectivity index (χ1v) is 10.3. The van der Waals surface area contributed by atoms with E-state index in [1.54, 1.807) is 0 Å². The van der Waals surface area contributed by atoms with Crippen molar-refractivity contribution in [2.45, 2.75) is 54.1 Å². The van der Waals surface area contributed by atoms with Gasteiger partial charge in [-0.15, -0.1) is 0 Å². The number of carbonyl (C=O) groups is 1. The molecule has 0 aromatic rings. The van der Waals surface area contributed by atoms with E-state index in [-0.39, 0.29) is 0 Å². The number of halogens is 16. The lowest BCUT2D eigenvalue weighted by Crippen LogP contribution is -2.74. The van der Waals surface area contributed by atoms with Crippen molar-refractivity contribution in [3.05, 3.63) is 12.7 Å². The zero-order chi connectivity index (χ0) is 30.3. The summed E-state index contributed by atoms with van der Waals surface area (Å²) in [5.41, 5.74) is 0. The topological polar surface area (TPSA) is 63.7 Å². The van der Waals surface area contributed by atoms with Gasteiger partial charge in [-0.1, -0.05) is 13.5 Å². The van der Waals surface area contributed by atoms with Crippen molar-refractivity contribution in [3.63, 3.8) is 0 Å². The van der Waals surface area contributed by atoms with Crippen LogP contribution < -0.4 is 0 Å².